The summed E-state index contributed by atoms with van der Waals surface area (Å²) >= 11 is 8.57. The molecule has 0 aliphatic rings. The van der Waals surface area contributed by atoms with E-state index < -0.39 is 0 Å². The van der Waals surface area contributed by atoms with Crippen molar-refractivity contribution < 1.29 is 4.79 Å². The number of hydrogen-bond acceptors (Lipinski definition) is 3. The van der Waals surface area contributed by atoms with Crippen molar-refractivity contribution in [2.75, 3.05) is 13.6 Å². The molecule has 0 saturated heterocycles. The van der Waals surface area contributed by atoms with Gasteiger partial charge in [-0.3, -0.25) is 4.79 Å². The second-order valence-corrected chi connectivity index (χ2v) is 7.10. The third kappa shape index (κ3) is 4.35. The lowest BCUT2D eigenvalue weighted by Crippen LogP contribution is -2.42. The molecule has 96 valence electrons. The zero-order valence-corrected chi connectivity index (χ0v) is 14.1. The fraction of sp³-hybridized carbons (Fsp3) is 0.545. The Balaban J connectivity index is 2.48. The normalized spacial score (nSPS) is 12.5. The summed E-state index contributed by atoms with van der Waals surface area (Å²) in [6.07, 6.45) is 0. The van der Waals surface area contributed by atoms with Crippen LogP contribution in [0.5, 0.6) is 0 Å². The number of thiophene rings is 1. The molecule has 1 unspecified atom stereocenters. The van der Waals surface area contributed by atoms with Crippen LogP contribution in [0.3, 0.4) is 0 Å². The van der Waals surface area contributed by atoms with Crippen molar-refractivity contribution in [3.8, 4) is 0 Å². The van der Waals surface area contributed by atoms with Crippen molar-refractivity contribution in [2.24, 2.45) is 0 Å². The smallest absolute Gasteiger partial charge is 0.239 e. The van der Waals surface area contributed by atoms with Gasteiger partial charge in [0.2, 0.25) is 5.91 Å². The van der Waals surface area contributed by atoms with Gasteiger partial charge < -0.3 is 10.2 Å². The van der Waals surface area contributed by atoms with Gasteiger partial charge in [-0.1, -0.05) is 0 Å². The summed E-state index contributed by atoms with van der Waals surface area (Å²) in [5, 5.41) is 3.23. The van der Waals surface area contributed by atoms with E-state index in [1.165, 1.54) is 4.88 Å². The molecule has 1 amide bonds. The van der Waals surface area contributed by atoms with E-state index in [2.05, 4.69) is 43.2 Å². The average molecular weight is 384 g/mol. The largest absolute Gasteiger partial charge is 0.345 e. The van der Waals surface area contributed by atoms with Gasteiger partial charge in [-0.15, -0.1) is 11.3 Å². The maximum Gasteiger partial charge on any atom is 0.239 e. The van der Waals surface area contributed by atoms with Crippen LogP contribution >= 0.6 is 43.2 Å². The average Bonchev–Trinajstić information content (AvgIpc) is 2.63. The molecule has 0 spiro atoms. The zero-order chi connectivity index (χ0) is 13.0. The minimum atomic E-state index is -0.153. The molecule has 1 aromatic heterocycles. The predicted octanol–water partition coefficient (Wildman–Crippen LogP) is 3.23. The molecule has 0 aromatic carbocycles. The fourth-order valence-electron chi connectivity index (χ4n) is 1.31. The van der Waals surface area contributed by atoms with Crippen LogP contribution in [0, 0.1) is 0 Å². The van der Waals surface area contributed by atoms with E-state index in [0.717, 1.165) is 14.8 Å². The van der Waals surface area contributed by atoms with Crippen molar-refractivity contribution in [1.82, 2.24) is 10.2 Å². The molecule has 1 rings (SSSR count). The first-order chi connectivity index (χ1) is 7.95. The molecule has 1 atom stereocenters. The summed E-state index contributed by atoms with van der Waals surface area (Å²) in [5.41, 5.74) is 0. The molecule has 17 heavy (non-hydrogen) atoms. The highest BCUT2D eigenvalue weighted by Crippen LogP contribution is 2.32. The van der Waals surface area contributed by atoms with Crippen molar-refractivity contribution in [2.45, 2.75) is 26.4 Å². The van der Waals surface area contributed by atoms with Crippen LogP contribution in [0.15, 0.2) is 14.3 Å². The van der Waals surface area contributed by atoms with E-state index in [0.29, 0.717) is 6.54 Å². The SMILES string of the molecule is CCN(C)C(=O)C(C)NCc1cc(Br)c(Br)s1. The number of nitrogens with one attached hydrogen (secondary N) is 1. The van der Waals surface area contributed by atoms with Crippen molar-refractivity contribution >= 4 is 49.1 Å². The van der Waals surface area contributed by atoms with Crippen LogP contribution in [0.4, 0.5) is 0 Å². The fourth-order valence-corrected chi connectivity index (χ4v) is 3.43. The van der Waals surface area contributed by atoms with E-state index in [1.54, 1.807) is 16.2 Å². The zero-order valence-electron chi connectivity index (χ0n) is 10.1. The molecule has 0 aliphatic heterocycles. The van der Waals surface area contributed by atoms with Gasteiger partial charge >= 0.3 is 0 Å². The first-order valence-corrected chi connectivity index (χ1v) is 7.78. The van der Waals surface area contributed by atoms with Crippen molar-refractivity contribution in [3.05, 3.63) is 19.2 Å². The number of halogens is 2. The van der Waals surface area contributed by atoms with Crippen LogP contribution in [-0.2, 0) is 11.3 Å². The highest BCUT2D eigenvalue weighted by Gasteiger charge is 2.16. The molecule has 1 heterocycles. The van der Waals surface area contributed by atoms with Crippen LogP contribution in [0.2, 0.25) is 0 Å². The standard InChI is InChI=1S/C11H16Br2N2OS/c1-4-15(3)11(16)7(2)14-6-8-5-9(12)10(13)17-8/h5,7,14H,4,6H2,1-3H3. The Kier molecular flexibility index (Phi) is 6.12. The second-order valence-electron chi connectivity index (χ2n) is 3.79. The van der Waals surface area contributed by atoms with E-state index >= 15 is 0 Å². The molecule has 0 aliphatic carbocycles. The molecule has 0 fully saturated rings. The number of rotatable bonds is 5. The van der Waals surface area contributed by atoms with Gasteiger partial charge in [0.15, 0.2) is 0 Å². The van der Waals surface area contributed by atoms with Gasteiger partial charge in [0.1, 0.15) is 0 Å². The predicted molar refractivity (Wildman–Crippen MR) is 79.3 cm³/mol. The van der Waals surface area contributed by atoms with Gasteiger partial charge in [0.25, 0.3) is 0 Å². The maximum atomic E-state index is 11.8. The number of nitrogens with zero attached hydrogens (tertiary/aromatic N) is 1. The number of carbonyl (C=O) groups excluding carboxylic acids is 1. The lowest BCUT2D eigenvalue weighted by atomic mass is 10.3. The number of amides is 1. The first kappa shape index (κ1) is 15.1. The lowest BCUT2D eigenvalue weighted by Gasteiger charge is -2.20. The highest BCUT2D eigenvalue weighted by atomic mass is 79.9. The molecular formula is C11H16Br2N2OS. The van der Waals surface area contributed by atoms with Gasteiger partial charge in [-0.2, -0.15) is 0 Å². The Morgan fingerprint density at radius 1 is 1.59 bits per heavy atom. The third-order valence-electron chi connectivity index (χ3n) is 2.50. The Bertz CT molecular complexity index is 375. The van der Waals surface area contributed by atoms with E-state index in [-0.39, 0.29) is 11.9 Å². The number of carbonyl (C=O) groups is 1. The van der Waals surface area contributed by atoms with Crippen LogP contribution in [0.1, 0.15) is 18.7 Å². The summed E-state index contributed by atoms with van der Waals surface area (Å²) < 4.78 is 2.14. The minimum Gasteiger partial charge on any atom is -0.345 e. The van der Waals surface area contributed by atoms with Gasteiger partial charge in [0, 0.05) is 29.5 Å². The quantitative estimate of drug-likeness (QED) is 0.846. The Hall–Kier alpha value is 0.0900. The van der Waals surface area contributed by atoms with Crippen molar-refractivity contribution in [3.63, 3.8) is 0 Å². The first-order valence-electron chi connectivity index (χ1n) is 5.37. The molecular weight excluding hydrogens is 368 g/mol. The lowest BCUT2D eigenvalue weighted by molar-refractivity contribution is -0.131. The van der Waals surface area contributed by atoms with Crippen molar-refractivity contribution in [1.29, 1.82) is 0 Å². The third-order valence-corrected chi connectivity index (χ3v) is 5.76. The van der Waals surface area contributed by atoms with E-state index in [9.17, 15) is 4.79 Å². The molecule has 3 nitrogen and oxygen atoms in total. The van der Waals surface area contributed by atoms with Crippen LogP contribution < -0.4 is 5.32 Å². The second kappa shape index (κ2) is 6.87. The molecule has 1 aromatic rings. The highest BCUT2D eigenvalue weighted by molar-refractivity contribution is 9.13. The molecule has 0 bridgehead atoms. The summed E-state index contributed by atoms with van der Waals surface area (Å²) in [5.74, 6) is 0.127. The Labute approximate surface area is 123 Å². The number of likely N-dealkylation sites (N-methyl/N-ethyl adjacent to an activating group) is 1. The molecule has 1 N–H and O–H groups in total. The van der Waals surface area contributed by atoms with Gasteiger partial charge in [0.05, 0.1) is 9.83 Å². The van der Waals surface area contributed by atoms with Crippen LogP contribution in [-0.4, -0.2) is 30.4 Å². The van der Waals surface area contributed by atoms with Crippen LogP contribution in [0.25, 0.3) is 0 Å². The van der Waals surface area contributed by atoms with Gasteiger partial charge in [-0.25, -0.2) is 0 Å². The topological polar surface area (TPSA) is 32.3 Å². The molecule has 0 saturated carbocycles. The van der Waals surface area contributed by atoms with E-state index in [1.807, 2.05) is 20.9 Å². The maximum absolute atomic E-state index is 11.8. The summed E-state index contributed by atoms with van der Waals surface area (Å²) in [6.45, 7) is 5.31. The molecule has 6 heteroatoms. The minimum absolute atomic E-state index is 0.127. The summed E-state index contributed by atoms with van der Waals surface area (Å²) in [6, 6.07) is 1.90. The summed E-state index contributed by atoms with van der Waals surface area (Å²) in [7, 11) is 1.82. The monoisotopic (exact) mass is 382 g/mol. The summed E-state index contributed by atoms with van der Waals surface area (Å²) in [4.78, 5) is 14.7. The molecule has 0 radical (unpaired) electrons. The Morgan fingerprint density at radius 2 is 2.24 bits per heavy atom. The Morgan fingerprint density at radius 3 is 2.71 bits per heavy atom. The van der Waals surface area contributed by atoms with Gasteiger partial charge in [-0.05, 0) is 51.8 Å². The van der Waals surface area contributed by atoms with E-state index in [4.69, 9.17) is 0 Å². The number of hydrogen-bond donors (Lipinski definition) is 1.